The van der Waals surface area contributed by atoms with Gasteiger partial charge in [0.25, 0.3) is 5.91 Å². The molecule has 0 radical (unpaired) electrons. The Balaban J connectivity index is 1.53. The molecule has 7 nitrogen and oxygen atoms in total. The van der Waals surface area contributed by atoms with Crippen molar-refractivity contribution in [2.45, 2.75) is 6.54 Å². The molecule has 0 unspecified atom stereocenters. The third kappa shape index (κ3) is 5.84. The van der Waals surface area contributed by atoms with Crippen LogP contribution in [-0.2, 0) is 16.1 Å². The van der Waals surface area contributed by atoms with E-state index < -0.39 is 0 Å². The van der Waals surface area contributed by atoms with Gasteiger partial charge < -0.3 is 10.1 Å². The first kappa shape index (κ1) is 23.5. The third-order valence-corrected chi connectivity index (χ3v) is 6.16. The molecule has 0 saturated heterocycles. The maximum absolute atomic E-state index is 13.2. The van der Waals surface area contributed by atoms with Gasteiger partial charge in [0.15, 0.2) is 10.3 Å². The second-order valence-electron chi connectivity index (χ2n) is 7.25. The van der Waals surface area contributed by atoms with E-state index in [9.17, 15) is 9.59 Å². The molecule has 3 aromatic rings. The van der Waals surface area contributed by atoms with E-state index in [-0.39, 0.29) is 22.7 Å². The van der Waals surface area contributed by atoms with Crippen LogP contribution in [0.2, 0.25) is 5.15 Å². The van der Waals surface area contributed by atoms with Crippen molar-refractivity contribution in [2.75, 3.05) is 18.2 Å². The van der Waals surface area contributed by atoms with E-state index >= 15 is 0 Å². The van der Waals surface area contributed by atoms with E-state index in [0.717, 1.165) is 16.9 Å². The first-order valence-electron chi connectivity index (χ1n) is 10.4. The third-order valence-electron chi connectivity index (χ3n) is 4.88. The first-order chi connectivity index (χ1) is 16.5. The SMILES string of the molecule is COc1ccc(/C=C2\N=C(SCC(=O)Nc3cccnc3Cl)N(Cc3ccccc3)C2=O)cc1. The number of aromatic nitrogens is 1. The van der Waals surface area contributed by atoms with Crippen LogP contribution >= 0.6 is 23.4 Å². The monoisotopic (exact) mass is 492 g/mol. The van der Waals surface area contributed by atoms with Crippen LogP contribution in [-0.4, -0.2) is 39.7 Å². The van der Waals surface area contributed by atoms with Crippen LogP contribution in [0, 0.1) is 0 Å². The highest BCUT2D eigenvalue weighted by Crippen LogP contribution is 2.27. The van der Waals surface area contributed by atoms with Gasteiger partial charge in [0.05, 0.1) is 25.1 Å². The average molecular weight is 493 g/mol. The van der Waals surface area contributed by atoms with E-state index in [1.165, 1.54) is 11.8 Å². The standard InChI is InChI=1S/C25H21ClN4O3S/c1-33-19-11-9-17(10-12-19)14-21-24(32)30(15-18-6-3-2-4-7-18)25(29-21)34-16-22(31)28-20-8-5-13-27-23(20)26/h2-14H,15-16H2,1H3,(H,28,31)/b21-14-. The summed E-state index contributed by atoms with van der Waals surface area (Å²) in [6, 6.07) is 20.3. The van der Waals surface area contributed by atoms with Gasteiger partial charge in [-0.2, -0.15) is 0 Å². The summed E-state index contributed by atoms with van der Waals surface area (Å²) in [5.74, 6) is 0.281. The highest BCUT2D eigenvalue weighted by molar-refractivity contribution is 8.14. The van der Waals surface area contributed by atoms with Gasteiger partial charge in [-0.1, -0.05) is 65.8 Å². The number of thioether (sulfide) groups is 1. The Bertz CT molecular complexity index is 1250. The lowest BCUT2D eigenvalue weighted by Gasteiger charge is -2.17. The molecular formula is C25H21ClN4O3S. The number of nitrogens with zero attached hydrogens (tertiary/aromatic N) is 3. The molecule has 1 aromatic heterocycles. The van der Waals surface area contributed by atoms with Crippen molar-refractivity contribution in [1.82, 2.24) is 9.88 Å². The lowest BCUT2D eigenvalue weighted by atomic mass is 10.1. The van der Waals surface area contributed by atoms with Crippen molar-refractivity contribution in [3.05, 3.63) is 94.9 Å². The topological polar surface area (TPSA) is 83.9 Å². The number of methoxy groups -OCH3 is 1. The molecule has 2 aromatic carbocycles. The Hall–Kier alpha value is -3.62. The summed E-state index contributed by atoms with van der Waals surface area (Å²) in [5.41, 5.74) is 2.52. The number of anilines is 1. The van der Waals surface area contributed by atoms with E-state index in [1.807, 2.05) is 54.6 Å². The molecule has 0 atom stereocenters. The molecule has 1 aliphatic heterocycles. The van der Waals surface area contributed by atoms with Gasteiger partial charge in [0.2, 0.25) is 5.91 Å². The number of carbonyl (C=O) groups excluding carboxylic acids is 2. The smallest absolute Gasteiger partial charge is 0.278 e. The van der Waals surface area contributed by atoms with Crippen LogP contribution in [0.1, 0.15) is 11.1 Å². The number of halogens is 1. The molecule has 0 saturated carbocycles. The van der Waals surface area contributed by atoms with Gasteiger partial charge in [-0.25, -0.2) is 9.98 Å². The fourth-order valence-electron chi connectivity index (χ4n) is 3.20. The van der Waals surface area contributed by atoms with Crippen LogP contribution < -0.4 is 10.1 Å². The molecule has 34 heavy (non-hydrogen) atoms. The quantitative estimate of drug-likeness (QED) is 0.376. The second-order valence-corrected chi connectivity index (χ2v) is 8.55. The highest BCUT2D eigenvalue weighted by Gasteiger charge is 2.31. The summed E-state index contributed by atoms with van der Waals surface area (Å²) in [5, 5.41) is 3.40. The number of carbonyl (C=O) groups is 2. The normalized spacial score (nSPS) is 14.3. The lowest BCUT2D eigenvalue weighted by Crippen LogP contribution is -2.31. The number of hydrogen-bond donors (Lipinski definition) is 1. The molecule has 0 aliphatic carbocycles. The van der Waals surface area contributed by atoms with Crippen molar-refractivity contribution in [2.24, 2.45) is 4.99 Å². The predicted molar refractivity (Wildman–Crippen MR) is 136 cm³/mol. The molecule has 9 heteroatoms. The fraction of sp³-hybridized carbons (Fsp3) is 0.120. The fourth-order valence-corrected chi connectivity index (χ4v) is 4.16. The minimum absolute atomic E-state index is 0.0540. The number of benzene rings is 2. The molecule has 4 rings (SSSR count). The maximum Gasteiger partial charge on any atom is 0.278 e. The minimum Gasteiger partial charge on any atom is -0.497 e. The average Bonchev–Trinajstić information content (AvgIpc) is 3.14. The van der Waals surface area contributed by atoms with Gasteiger partial charge in [-0.3, -0.25) is 14.5 Å². The number of ether oxygens (including phenoxy) is 1. The van der Waals surface area contributed by atoms with Crippen LogP contribution in [0.4, 0.5) is 5.69 Å². The zero-order valence-electron chi connectivity index (χ0n) is 18.3. The molecule has 0 spiro atoms. The maximum atomic E-state index is 13.2. The van der Waals surface area contributed by atoms with Gasteiger partial charge in [-0.15, -0.1) is 0 Å². The van der Waals surface area contributed by atoms with E-state index in [2.05, 4.69) is 15.3 Å². The van der Waals surface area contributed by atoms with Crippen molar-refractivity contribution in [3.8, 4) is 5.75 Å². The zero-order valence-corrected chi connectivity index (χ0v) is 19.8. The predicted octanol–water partition coefficient (Wildman–Crippen LogP) is 4.85. The summed E-state index contributed by atoms with van der Waals surface area (Å²) in [4.78, 5) is 35.8. The molecule has 2 heterocycles. The summed E-state index contributed by atoms with van der Waals surface area (Å²) in [6.07, 6.45) is 3.27. The van der Waals surface area contributed by atoms with Crippen molar-refractivity contribution >= 4 is 52.1 Å². The molecule has 2 amide bonds. The zero-order chi connectivity index (χ0) is 23.9. The highest BCUT2D eigenvalue weighted by atomic mass is 35.5. The van der Waals surface area contributed by atoms with Crippen LogP contribution in [0.15, 0.2) is 83.6 Å². The number of aliphatic imine (C=N–C) groups is 1. The lowest BCUT2D eigenvalue weighted by molar-refractivity contribution is -0.123. The molecule has 0 bridgehead atoms. The van der Waals surface area contributed by atoms with E-state index in [1.54, 1.807) is 36.4 Å². The summed E-state index contributed by atoms with van der Waals surface area (Å²) in [6.45, 7) is 0.349. The summed E-state index contributed by atoms with van der Waals surface area (Å²) >= 11 is 7.21. The Morgan fingerprint density at radius 3 is 2.59 bits per heavy atom. The second kappa shape index (κ2) is 11.0. The number of nitrogens with one attached hydrogen (secondary N) is 1. The Morgan fingerprint density at radius 2 is 1.88 bits per heavy atom. The van der Waals surface area contributed by atoms with Gasteiger partial charge >= 0.3 is 0 Å². The molecule has 1 N–H and O–H groups in total. The van der Waals surface area contributed by atoms with Gasteiger partial charge in [-0.05, 0) is 41.5 Å². The Kier molecular flexibility index (Phi) is 7.61. The Labute approximate surface area is 206 Å². The number of pyridine rings is 1. The number of hydrogen-bond acceptors (Lipinski definition) is 6. The number of amides is 2. The minimum atomic E-state index is -0.276. The van der Waals surface area contributed by atoms with Crippen LogP contribution in [0.3, 0.4) is 0 Å². The Morgan fingerprint density at radius 1 is 1.12 bits per heavy atom. The largest absolute Gasteiger partial charge is 0.497 e. The van der Waals surface area contributed by atoms with Crippen LogP contribution in [0.5, 0.6) is 5.75 Å². The number of rotatable bonds is 7. The van der Waals surface area contributed by atoms with Crippen molar-refractivity contribution < 1.29 is 14.3 Å². The molecule has 172 valence electrons. The van der Waals surface area contributed by atoms with Gasteiger partial charge in [0, 0.05) is 6.20 Å². The number of amidine groups is 1. The van der Waals surface area contributed by atoms with Crippen molar-refractivity contribution in [3.63, 3.8) is 0 Å². The summed E-state index contributed by atoms with van der Waals surface area (Å²) < 4.78 is 5.19. The first-order valence-corrected chi connectivity index (χ1v) is 11.7. The van der Waals surface area contributed by atoms with Crippen molar-refractivity contribution in [1.29, 1.82) is 0 Å². The van der Waals surface area contributed by atoms with Crippen LogP contribution in [0.25, 0.3) is 6.08 Å². The molecule has 0 fully saturated rings. The van der Waals surface area contributed by atoms with E-state index in [0.29, 0.717) is 23.1 Å². The molecular weight excluding hydrogens is 472 g/mol. The molecule has 1 aliphatic rings. The van der Waals surface area contributed by atoms with Gasteiger partial charge in [0.1, 0.15) is 11.4 Å². The van der Waals surface area contributed by atoms with E-state index in [4.69, 9.17) is 16.3 Å². The summed E-state index contributed by atoms with van der Waals surface area (Å²) in [7, 11) is 1.60.